The van der Waals surface area contributed by atoms with Gasteiger partial charge in [0.05, 0.1) is 0 Å². The average Bonchev–Trinajstić information content (AvgIpc) is 2.53. The molecule has 0 aliphatic heterocycles. The zero-order valence-electron chi connectivity index (χ0n) is 16.3. The number of aliphatic imine (C=N–C) groups is 1. The predicted molar refractivity (Wildman–Crippen MR) is 115 cm³/mol. The molecule has 148 valence electrons. The third-order valence-corrected chi connectivity index (χ3v) is 4.83. The minimum Gasteiger partial charge on any atom is -0.385 e. The fraction of sp³-hybridized carbons (Fsp3) is 0.889. The van der Waals surface area contributed by atoms with Crippen LogP contribution < -0.4 is 16.0 Å². The molecule has 0 aromatic rings. The number of carbonyl (C=O) groups excluding carboxylic acids is 1. The first kappa shape index (κ1) is 24.4. The molecule has 6 nitrogen and oxygen atoms in total. The Morgan fingerprint density at radius 3 is 2.52 bits per heavy atom. The summed E-state index contributed by atoms with van der Waals surface area (Å²) in [6, 6.07) is 0.235. The van der Waals surface area contributed by atoms with Crippen molar-refractivity contribution in [2.75, 3.05) is 33.4 Å². The molecule has 0 bridgehead atoms. The SMILES string of the molecule is CCNC(=NCC1(CCOC)CCC1)NCCC(=O)NC(C)CC.I. The van der Waals surface area contributed by atoms with Crippen molar-refractivity contribution in [2.45, 2.75) is 65.3 Å². The van der Waals surface area contributed by atoms with Crippen molar-refractivity contribution in [3.05, 3.63) is 0 Å². The molecular formula is C18H37IN4O2. The topological polar surface area (TPSA) is 74.8 Å². The Labute approximate surface area is 170 Å². The Morgan fingerprint density at radius 2 is 2.00 bits per heavy atom. The number of amides is 1. The van der Waals surface area contributed by atoms with Crippen LogP contribution in [-0.4, -0.2) is 51.3 Å². The molecule has 1 aliphatic rings. The first-order chi connectivity index (χ1) is 11.5. The first-order valence-corrected chi connectivity index (χ1v) is 9.35. The summed E-state index contributed by atoms with van der Waals surface area (Å²) in [6.45, 7) is 9.18. The minimum atomic E-state index is 0. The molecule has 1 aliphatic carbocycles. The molecule has 0 aromatic carbocycles. The Morgan fingerprint density at radius 1 is 1.28 bits per heavy atom. The Bertz CT molecular complexity index is 401. The minimum absolute atomic E-state index is 0. The summed E-state index contributed by atoms with van der Waals surface area (Å²) in [6.07, 6.45) is 6.24. The molecular weight excluding hydrogens is 431 g/mol. The number of carbonyl (C=O) groups is 1. The van der Waals surface area contributed by atoms with E-state index >= 15 is 0 Å². The van der Waals surface area contributed by atoms with E-state index in [0.717, 1.165) is 38.5 Å². The third kappa shape index (κ3) is 9.63. The molecule has 1 amide bonds. The summed E-state index contributed by atoms with van der Waals surface area (Å²) in [4.78, 5) is 16.6. The van der Waals surface area contributed by atoms with Crippen molar-refractivity contribution >= 4 is 35.8 Å². The second kappa shape index (κ2) is 13.6. The van der Waals surface area contributed by atoms with Gasteiger partial charge in [-0.25, -0.2) is 0 Å². The van der Waals surface area contributed by atoms with E-state index in [1.54, 1.807) is 7.11 Å². The van der Waals surface area contributed by atoms with Crippen molar-refractivity contribution in [1.29, 1.82) is 0 Å². The van der Waals surface area contributed by atoms with Gasteiger partial charge in [-0.05, 0) is 44.9 Å². The molecule has 25 heavy (non-hydrogen) atoms. The Kier molecular flexibility index (Phi) is 13.3. The molecule has 1 rings (SSSR count). The smallest absolute Gasteiger partial charge is 0.221 e. The van der Waals surface area contributed by atoms with Crippen LogP contribution in [0.1, 0.15) is 59.3 Å². The molecule has 1 atom stereocenters. The number of ether oxygens (including phenoxy) is 1. The van der Waals surface area contributed by atoms with Crippen LogP contribution >= 0.6 is 24.0 Å². The summed E-state index contributed by atoms with van der Waals surface area (Å²) in [7, 11) is 1.76. The highest BCUT2D eigenvalue weighted by atomic mass is 127. The summed E-state index contributed by atoms with van der Waals surface area (Å²) in [5, 5.41) is 9.51. The highest BCUT2D eigenvalue weighted by Crippen LogP contribution is 2.44. The molecule has 1 fully saturated rings. The van der Waals surface area contributed by atoms with Gasteiger partial charge in [0.15, 0.2) is 5.96 Å². The van der Waals surface area contributed by atoms with Gasteiger partial charge in [0, 0.05) is 45.8 Å². The summed E-state index contributed by atoms with van der Waals surface area (Å²) >= 11 is 0. The lowest BCUT2D eigenvalue weighted by atomic mass is 9.67. The van der Waals surface area contributed by atoms with Crippen LogP contribution in [0.5, 0.6) is 0 Å². The molecule has 0 radical (unpaired) electrons. The standard InChI is InChI=1S/C18H36N4O2.HI/c1-5-15(3)22-16(23)8-12-20-17(19-6-2)21-14-18(9-7-10-18)11-13-24-4;/h15H,5-14H2,1-4H3,(H,22,23)(H2,19,20,21);1H. The molecule has 7 heteroatoms. The van der Waals surface area contributed by atoms with E-state index in [2.05, 4.69) is 29.8 Å². The maximum Gasteiger partial charge on any atom is 0.221 e. The second-order valence-corrected chi connectivity index (χ2v) is 6.85. The lowest BCUT2D eigenvalue weighted by Crippen LogP contribution is -2.42. The van der Waals surface area contributed by atoms with E-state index in [1.807, 2.05) is 6.92 Å². The van der Waals surface area contributed by atoms with E-state index in [4.69, 9.17) is 9.73 Å². The van der Waals surface area contributed by atoms with Crippen molar-refractivity contribution < 1.29 is 9.53 Å². The Hall–Kier alpha value is -0.570. The van der Waals surface area contributed by atoms with Gasteiger partial charge in [0.2, 0.25) is 5.91 Å². The fourth-order valence-corrected chi connectivity index (χ4v) is 2.81. The monoisotopic (exact) mass is 468 g/mol. The van der Waals surface area contributed by atoms with Gasteiger partial charge in [-0.15, -0.1) is 24.0 Å². The lowest BCUT2D eigenvalue weighted by molar-refractivity contribution is -0.121. The number of rotatable bonds is 11. The zero-order chi connectivity index (χ0) is 17.8. The van der Waals surface area contributed by atoms with E-state index in [-0.39, 0.29) is 35.9 Å². The van der Waals surface area contributed by atoms with E-state index < -0.39 is 0 Å². The molecule has 0 heterocycles. The number of nitrogens with zero attached hydrogens (tertiary/aromatic N) is 1. The average molecular weight is 468 g/mol. The van der Waals surface area contributed by atoms with E-state index in [9.17, 15) is 4.79 Å². The first-order valence-electron chi connectivity index (χ1n) is 9.35. The maximum atomic E-state index is 11.8. The highest BCUT2D eigenvalue weighted by molar-refractivity contribution is 14.0. The van der Waals surface area contributed by atoms with Crippen molar-refractivity contribution in [3.63, 3.8) is 0 Å². The quantitative estimate of drug-likeness (QED) is 0.248. The molecule has 0 spiro atoms. The van der Waals surface area contributed by atoms with Crippen LogP contribution in [-0.2, 0) is 9.53 Å². The number of hydrogen-bond acceptors (Lipinski definition) is 3. The summed E-state index contributed by atoms with van der Waals surface area (Å²) in [5.74, 6) is 0.890. The van der Waals surface area contributed by atoms with Crippen LogP contribution in [0, 0.1) is 5.41 Å². The largest absolute Gasteiger partial charge is 0.385 e. The van der Waals surface area contributed by atoms with Gasteiger partial charge >= 0.3 is 0 Å². The van der Waals surface area contributed by atoms with Crippen LogP contribution in [0.15, 0.2) is 4.99 Å². The predicted octanol–water partition coefficient (Wildman–Crippen LogP) is 2.67. The number of hydrogen-bond donors (Lipinski definition) is 3. The number of guanidine groups is 1. The normalized spacial score (nSPS) is 17.0. The van der Waals surface area contributed by atoms with Crippen LogP contribution in [0.2, 0.25) is 0 Å². The van der Waals surface area contributed by atoms with Crippen molar-refractivity contribution in [3.8, 4) is 0 Å². The number of halogens is 1. The van der Waals surface area contributed by atoms with Gasteiger partial charge < -0.3 is 20.7 Å². The van der Waals surface area contributed by atoms with Crippen LogP contribution in [0.3, 0.4) is 0 Å². The van der Waals surface area contributed by atoms with Gasteiger partial charge in [0.25, 0.3) is 0 Å². The van der Waals surface area contributed by atoms with E-state index in [1.165, 1.54) is 19.3 Å². The molecule has 0 aromatic heterocycles. The van der Waals surface area contributed by atoms with Gasteiger partial charge in [-0.1, -0.05) is 13.3 Å². The summed E-state index contributed by atoms with van der Waals surface area (Å²) in [5.41, 5.74) is 0.312. The molecule has 1 unspecified atom stereocenters. The third-order valence-electron chi connectivity index (χ3n) is 4.83. The Balaban J connectivity index is 0.00000576. The zero-order valence-corrected chi connectivity index (χ0v) is 18.7. The second-order valence-electron chi connectivity index (χ2n) is 6.85. The van der Waals surface area contributed by atoms with Crippen LogP contribution in [0.4, 0.5) is 0 Å². The van der Waals surface area contributed by atoms with Crippen molar-refractivity contribution in [2.24, 2.45) is 10.4 Å². The van der Waals surface area contributed by atoms with Gasteiger partial charge in [-0.3, -0.25) is 9.79 Å². The number of methoxy groups -OCH3 is 1. The van der Waals surface area contributed by atoms with E-state index in [0.29, 0.717) is 18.4 Å². The summed E-state index contributed by atoms with van der Waals surface area (Å²) < 4.78 is 5.24. The lowest BCUT2D eigenvalue weighted by Gasteiger charge is -2.40. The molecule has 1 saturated carbocycles. The van der Waals surface area contributed by atoms with Crippen LogP contribution in [0.25, 0.3) is 0 Å². The van der Waals surface area contributed by atoms with Crippen molar-refractivity contribution in [1.82, 2.24) is 16.0 Å². The number of nitrogens with one attached hydrogen (secondary N) is 3. The molecule has 0 saturated heterocycles. The molecule has 3 N–H and O–H groups in total. The maximum absolute atomic E-state index is 11.8. The highest BCUT2D eigenvalue weighted by Gasteiger charge is 2.36. The van der Waals surface area contributed by atoms with Gasteiger partial charge in [0.1, 0.15) is 0 Å². The van der Waals surface area contributed by atoms with Gasteiger partial charge in [-0.2, -0.15) is 0 Å². The fourth-order valence-electron chi connectivity index (χ4n) is 2.81.